The second kappa shape index (κ2) is 5.67. The van der Waals surface area contributed by atoms with E-state index >= 15 is 0 Å². The molecule has 1 N–H and O–H groups in total. The Labute approximate surface area is 118 Å². The molecule has 0 aliphatic rings. The molecule has 1 heterocycles. The van der Waals surface area contributed by atoms with Gasteiger partial charge >= 0.3 is 0 Å². The monoisotopic (exact) mass is 278 g/mol. The molecule has 0 fully saturated rings. The van der Waals surface area contributed by atoms with Crippen molar-refractivity contribution in [3.05, 3.63) is 52.2 Å². The van der Waals surface area contributed by atoms with E-state index in [2.05, 4.69) is 0 Å². The Kier molecular flexibility index (Phi) is 4.14. The lowest BCUT2D eigenvalue weighted by atomic mass is 9.98. The minimum atomic E-state index is -0.708. The molecule has 0 bridgehead atoms. The van der Waals surface area contributed by atoms with Gasteiger partial charge in [0.2, 0.25) is 0 Å². The van der Waals surface area contributed by atoms with Crippen molar-refractivity contribution in [2.45, 2.75) is 33.3 Å². The molecular formula is C16H19FO3. The van der Waals surface area contributed by atoms with Gasteiger partial charge in [-0.1, -0.05) is 6.07 Å². The SMILES string of the molecule is COc1ccc(CC(O)c2c(C)oc(C)c2C)cc1F. The minimum absolute atomic E-state index is 0.203. The van der Waals surface area contributed by atoms with Crippen LogP contribution in [-0.4, -0.2) is 12.2 Å². The van der Waals surface area contributed by atoms with E-state index in [-0.39, 0.29) is 5.75 Å². The van der Waals surface area contributed by atoms with Gasteiger partial charge in [-0.3, -0.25) is 0 Å². The number of rotatable bonds is 4. The molecule has 20 heavy (non-hydrogen) atoms. The van der Waals surface area contributed by atoms with Crippen LogP contribution in [0.2, 0.25) is 0 Å². The van der Waals surface area contributed by atoms with Gasteiger partial charge in [0.1, 0.15) is 11.5 Å². The summed E-state index contributed by atoms with van der Waals surface area (Å²) in [7, 11) is 1.42. The number of furan rings is 1. The molecule has 1 aromatic carbocycles. The maximum atomic E-state index is 13.6. The van der Waals surface area contributed by atoms with E-state index in [0.29, 0.717) is 17.7 Å². The van der Waals surface area contributed by atoms with Gasteiger partial charge in [0.25, 0.3) is 0 Å². The highest BCUT2D eigenvalue weighted by Gasteiger charge is 2.19. The van der Waals surface area contributed by atoms with Crippen LogP contribution in [0.15, 0.2) is 22.6 Å². The fraction of sp³-hybridized carbons (Fsp3) is 0.375. The molecule has 1 atom stereocenters. The molecule has 108 valence electrons. The van der Waals surface area contributed by atoms with Crippen molar-refractivity contribution in [3.8, 4) is 5.75 Å². The summed E-state index contributed by atoms with van der Waals surface area (Å²) in [5.74, 6) is 1.29. The average Bonchev–Trinajstić information content (AvgIpc) is 2.63. The van der Waals surface area contributed by atoms with Crippen LogP contribution in [0.5, 0.6) is 5.75 Å². The van der Waals surface area contributed by atoms with E-state index in [1.807, 2.05) is 20.8 Å². The van der Waals surface area contributed by atoms with Crippen LogP contribution in [0.1, 0.15) is 34.3 Å². The first-order valence-corrected chi connectivity index (χ1v) is 6.51. The maximum Gasteiger partial charge on any atom is 0.165 e. The highest BCUT2D eigenvalue weighted by atomic mass is 19.1. The van der Waals surface area contributed by atoms with Crippen molar-refractivity contribution in [3.63, 3.8) is 0 Å². The Hall–Kier alpha value is -1.81. The Morgan fingerprint density at radius 1 is 1.25 bits per heavy atom. The average molecular weight is 278 g/mol. The zero-order chi connectivity index (χ0) is 14.9. The predicted molar refractivity (Wildman–Crippen MR) is 74.5 cm³/mol. The standard InChI is InChI=1S/C16H19FO3/c1-9-10(2)20-11(3)16(9)14(18)8-12-5-6-15(19-4)13(17)7-12/h5-7,14,18H,8H2,1-4H3. The molecule has 0 saturated carbocycles. The molecule has 1 unspecified atom stereocenters. The summed E-state index contributed by atoms with van der Waals surface area (Å²) in [6.45, 7) is 5.61. The fourth-order valence-electron chi connectivity index (χ4n) is 2.46. The minimum Gasteiger partial charge on any atom is -0.494 e. The summed E-state index contributed by atoms with van der Waals surface area (Å²) < 4.78 is 24.0. The van der Waals surface area contributed by atoms with E-state index < -0.39 is 11.9 Å². The molecule has 0 aliphatic heterocycles. The molecule has 0 spiro atoms. The largest absolute Gasteiger partial charge is 0.494 e. The molecule has 0 amide bonds. The molecule has 2 rings (SSSR count). The van der Waals surface area contributed by atoms with Crippen LogP contribution in [0.25, 0.3) is 0 Å². The third-order valence-corrected chi connectivity index (χ3v) is 3.60. The lowest BCUT2D eigenvalue weighted by Gasteiger charge is -2.12. The quantitative estimate of drug-likeness (QED) is 0.928. The van der Waals surface area contributed by atoms with Gasteiger partial charge in [0.05, 0.1) is 13.2 Å². The highest BCUT2D eigenvalue weighted by molar-refractivity contribution is 5.35. The summed E-state index contributed by atoms with van der Waals surface area (Å²) in [5, 5.41) is 10.4. The fourth-order valence-corrected chi connectivity index (χ4v) is 2.46. The maximum absolute atomic E-state index is 13.6. The number of ether oxygens (including phenoxy) is 1. The molecule has 1 aromatic heterocycles. The van der Waals surface area contributed by atoms with Crippen LogP contribution in [0.4, 0.5) is 4.39 Å². The van der Waals surface area contributed by atoms with Gasteiger partial charge in [0, 0.05) is 12.0 Å². The van der Waals surface area contributed by atoms with Crippen molar-refractivity contribution < 1.29 is 18.7 Å². The van der Waals surface area contributed by atoms with Gasteiger partial charge in [-0.25, -0.2) is 4.39 Å². The van der Waals surface area contributed by atoms with E-state index in [9.17, 15) is 9.50 Å². The molecule has 0 aliphatic carbocycles. The number of benzene rings is 1. The zero-order valence-corrected chi connectivity index (χ0v) is 12.2. The first kappa shape index (κ1) is 14.6. The summed E-state index contributed by atoms with van der Waals surface area (Å²) in [6, 6.07) is 4.71. The Balaban J connectivity index is 2.23. The van der Waals surface area contributed by atoms with Crippen LogP contribution >= 0.6 is 0 Å². The zero-order valence-electron chi connectivity index (χ0n) is 12.2. The lowest BCUT2D eigenvalue weighted by molar-refractivity contribution is 0.175. The smallest absolute Gasteiger partial charge is 0.165 e. The second-order valence-corrected chi connectivity index (χ2v) is 4.94. The van der Waals surface area contributed by atoms with E-state index in [1.165, 1.54) is 13.2 Å². The number of hydrogen-bond acceptors (Lipinski definition) is 3. The van der Waals surface area contributed by atoms with Crippen LogP contribution < -0.4 is 4.74 Å². The van der Waals surface area contributed by atoms with Crippen molar-refractivity contribution in [2.75, 3.05) is 7.11 Å². The first-order chi connectivity index (χ1) is 9.43. The summed E-state index contributed by atoms with van der Waals surface area (Å²) >= 11 is 0. The number of aliphatic hydroxyl groups is 1. The molecule has 0 saturated heterocycles. The number of methoxy groups -OCH3 is 1. The molecule has 4 heteroatoms. The lowest BCUT2D eigenvalue weighted by Crippen LogP contribution is -2.04. The molecular weight excluding hydrogens is 259 g/mol. The molecule has 0 radical (unpaired) electrons. The number of hydrogen-bond donors (Lipinski definition) is 1. The first-order valence-electron chi connectivity index (χ1n) is 6.51. The van der Waals surface area contributed by atoms with Crippen LogP contribution in [0, 0.1) is 26.6 Å². The molecule has 3 nitrogen and oxygen atoms in total. The van der Waals surface area contributed by atoms with E-state index in [1.54, 1.807) is 12.1 Å². The second-order valence-electron chi connectivity index (χ2n) is 4.94. The van der Waals surface area contributed by atoms with Gasteiger partial charge in [-0.2, -0.15) is 0 Å². The summed E-state index contributed by atoms with van der Waals surface area (Å²) in [4.78, 5) is 0. The Bertz CT molecular complexity index is 616. The number of halogens is 1. The Morgan fingerprint density at radius 3 is 2.45 bits per heavy atom. The van der Waals surface area contributed by atoms with Crippen molar-refractivity contribution in [2.24, 2.45) is 0 Å². The van der Waals surface area contributed by atoms with Crippen LogP contribution in [-0.2, 0) is 6.42 Å². The highest BCUT2D eigenvalue weighted by Crippen LogP contribution is 2.30. The third kappa shape index (κ3) is 2.70. The van der Waals surface area contributed by atoms with Gasteiger partial charge in [0.15, 0.2) is 11.6 Å². The number of aliphatic hydroxyl groups excluding tert-OH is 1. The topological polar surface area (TPSA) is 42.6 Å². The summed E-state index contributed by atoms with van der Waals surface area (Å²) in [6.07, 6.45) is -0.373. The number of aryl methyl sites for hydroxylation is 2. The normalized spacial score (nSPS) is 12.5. The van der Waals surface area contributed by atoms with Gasteiger partial charge in [-0.15, -0.1) is 0 Å². The van der Waals surface area contributed by atoms with Crippen molar-refractivity contribution >= 4 is 0 Å². The van der Waals surface area contributed by atoms with E-state index in [0.717, 1.165) is 16.9 Å². The molecule has 2 aromatic rings. The Morgan fingerprint density at radius 2 is 1.95 bits per heavy atom. The van der Waals surface area contributed by atoms with E-state index in [4.69, 9.17) is 9.15 Å². The summed E-state index contributed by atoms with van der Waals surface area (Å²) in [5.41, 5.74) is 2.45. The third-order valence-electron chi connectivity index (χ3n) is 3.60. The van der Waals surface area contributed by atoms with Gasteiger partial charge in [-0.05, 0) is 44.0 Å². The van der Waals surface area contributed by atoms with Crippen molar-refractivity contribution in [1.82, 2.24) is 0 Å². The van der Waals surface area contributed by atoms with Gasteiger partial charge < -0.3 is 14.3 Å². The van der Waals surface area contributed by atoms with Crippen molar-refractivity contribution in [1.29, 1.82) is 0 Å². The van der Waals surface area contributed by atoms with Crippen LogP contribution in [0.3, 0.4) is 0 Å². The predicted octanol–water partition coefficient (Wildman–Crippen LogP) is 3.63.